The van der Waals surface area contributed by atoms with Crippen molar-refractivity contribution in [3.05, 3.63) is 34.9 Å². The highest BCUT2D eigenvalue weighted by atomic mass is 35.5. The first-order valence-corrected chi connectivity index (χ1v) is 7.38. The van der Waals surface area contributed by atoms with Crippen molar-refractivity contribution < 1.29 is 4.74 Å². The molecule has 1 saturated heterocycles. The van der Waals surface area contributed by atoms with E-state index in [2.05, 4.69) is 26.0 Å². The van der Waals surface area contributed by atoms with Crippen LogP contribution < -0.4 is 0 Å². The lowest BCUT2D eigenvalue weighted by atomic mass is 9.81. The number of ether oxygens (including phenoxy) is 1. The van der Waals surface area contributed by atoms with Crippen LogP contribution in [0.15, 0.2) is 24.3 Å². The van der Waals surface area contributed by atoms with Crippen molar-refractivity contribution in [1.29, 1.82) is 0 Å². The van der Waals surface area contributed by atoms with Crippen LogP contribution >= 0.6 is 11.6 Å². The molecule has 1 nitrogen and oxygen atoms in total. The van der Waals surface area contributed by atoms with E-state index in [0.29, 0.717) is 5.92 Å². The Hall–Kier alpha value is -0.530. The van der Waals surface area contributed by atoms with Gasteiger partial charge in [-0.3, -0.25) is 0 Å². The Labute approximate surface area is 114 Å². The van der Waals surface area contributed by atoms with Gasteiger partial charge >= 0.3 is 0 Å². The second-order valence-electron chi connectivity index (χ2n) is 6.20. The predicted octanol–water partition coefficient (Wildman–Crippen LogP) is 4.33. The van der Waals surface area contributed by atoms with Crippen LogP contribution in [-0.2, 0) is 11.2 Å². The molecule has 2 heteroatoms. The molecule has 2 fully saturated rings. The summed E-state index contributed by atoms with van der Waals surface area (Å²) in [6, 6.07) is 8.29. The molecular formula is C16H21ClO. The zero-order chi connectivity index (χ0) is 12.8. The minimum absolute atomic E-state index is 0.216. The first-order valence-electron chi connectivity index (χ1n) is 7.00. The first kappa shape index (κ1) is 12.5. The number of halogens is 1. The average Bonchev–Trinajstić information content (AvgIpc) is 3.02. The number of benzene rings is 1. The predicted molar refractivity (Wildman–Crippen MR) is 74.9 cm³/mol. The van der Waals surface area contributed by atoms with Crippen molar-refractivity contribution in [2.45, 2.75) is 38.7 Å². The van der Waals surface area contributed by atoms with Crippen LogP contribution in [0.4, 0.5) is 0 Å². The Morgan fingerprint density at radius 3 is 2.50 bits per heavy atom. The Morgan fingerprint density at radius 2 is 1.94 bits per heavy atom. The fourth-order valence-electron chi connectivity index (χ4n) is 3.78. The van der Waals surface area contributed by atoms with Gasteiger partial charge in [0, 0.05) is 5.02 Å². The third-order valence-corrected chi connectivity index (χ3v) is 5.07. The van der Waals surface area contributed by atoms with Crippen LogP contribution in [0.2, 0.25) is 5.02 Å². The fourth-order valence-corrected chi connectivity index (χ4v) is 3.91. The summed E-state index contributed by atoms with van der Waals surface area (Å²) in [5, 5.41) is 0.822. The molecule has 1 saturated carbocycles. The van der Waals surface area contributed by atoms with Crippen LogP contribution in [0.3, 0.4) is 0 Å². The third-order valence-electron chi connectivity index (χ3n) is 4.82. The molecule has 1 aliphatic heterocycles. The summed E-state index contributed by atoms with van der Waals surface area (Å²) < 4.78 is 5.91. The second kappa shape index (κ2) is 4.54. The van der Waals surface area contributed by atoms with Crippen molar-refractivity contribution in [2.75, 3.05) is 6.61 Å². The average molecular weight is 265 g/mol. The van der Waals surface area contributed by atoms with Crippen molar-refractivity contribution in [3.63, 3.8) is 0 Å². The zero-order valence-corrected chi connectivity index (χ0v) is 11.9. The summed E-state index contributed by atoms with van der Waals surface area (Å²) in [6.45, 7) is 5.64. The van der Waals surface area contributed by atoms with E-state index >= 15 is 0 Å². The van der Waals surface area contributed by atoms with E-state index in [1.54, 1.807) is 0 Å². The van der Waals surface area contributed by atoms with Crippen molar-refractivity contribution >= 4 is 11.6 Å². The monoisotopic (exact) mass is 264 g/mol. The molecule has 1 aromatic carbocycles. The molecule has 1 heterocycles. The SMILES string of the molecule is CC(C)[C@@H]1CC[C@H](Cc2ccc(Cl)cc2)[C@@]12CO2. The maximum atomic E-state index is 5.94. The van der Waals surface area contributed by atoms with Gasteiger partial charge in [0.1, 0.15) is 0 Å². The number of hydrogen-bond donors (Lipinski definition) is 0. The molecule has 2 aliphatic rings. The normalized spacial score (nSPS) is 34.4. The summed E-state index contributed by atoms with van der Waals surface area (Å²) >= 11 is 5.94. The lowest BCUT2D eigenvalue weighted by molar-refractivity contribution is 0.164. The van der Waals surface area contributed by atoms with Gasteiger partial charge in [-0.15, -0.1) is 0 Å². The molecule has 0 radical (unpaired) electrons. The Kier molecular flexibility index (Phi) is 3.15. The van der Waals surface area contributed by atoms with Crippen LogP contribution in [-0.4, -0.2) is 12.2 Å². The number of hydrogen-bond acceptors (Lipinski definition) is 1. The summed E-state index contributed by atoms with van der Waals surface area (Å²) in [7, 11) is 0. The minimum atomic E-state index is 0.216. The molecule has 0 unspecified atom stereocenters. The molecule has 3 atom stereocenters. The Balaban J connectivity index is 1.73. The van der Waals surface area contributed by atoms with Gasteiger partial charge in [0.15, 0.2) is 0 Å². The standard InChI is InChI=1S/C16H21ClO/c1-11(2)15-8-5-13(16(15)10-18-16)9-12-3-6-14(17)7-4-12/h3-4,6-7,11,13,15H,5,8-10H2,1-2H3/t13-,15+,16+/m1/s1. The first-order chi connectivity index (χ1) is 8.62. The molecule has 0 aromatic heterocycles. The highest BCUT2D eigenvalue weighted by molar-refractivity contribution is 6.30. The number of epoxide rings is 1. The largest absolute Gasteiger partial charge is 0.369 e. The van der Waals surface area contributed by atoms with E-state index in [1.165, 1.54) is 18.4 Å². The van der Waals surface area contributed by atoms with E-state index in [-0.39, 0.29) is 5.60 Å². The van der Waals surface area contributed by atoms with E-state index in [4.69, 9.17) is 16.3 Å². The molecule has 1 spiro atoms. The van der Waals surface area contributed by atoms with Crippen LogP contribution in [0.25, 0.3) is 0 Å². The molecule has 0 bridgehead atoms. The molecule has 0 amide bonds. The fraction of sp³-hybridized carbons (Fsp3) is 0.625. The highest BCUT2D eigenvalue weighted by Crippen LogP contribution is 2.55. The summed E-state index contributed by atoms with van der Waals surface area (Å²) in [5.74, 6) is 2.20. The van der Waals surface area contributed by atoms with E-state index in [9.17, 15) is 0 Å². The van der Waals surface area contributed by atoms with Crippen molar-refractivity contribution in [3.8, 4) is 0 Å². The zero-order valence-electron chi connectivity index (χ0n) is 11.2. The van der Waals surface area contributed by atoms with Crippen LogP contribution in [0.1, 0.15) is 32.3 Å². The van der Waals surface area contributed by atoms with E-state index in [0.717, 1.165) is 29.9 Å². The maximum absolute atomic E-state index is 5.94. The maximum Gasteiger partial charge on any atom is 0.0978 e. The van der Waals surface area contributed by atoms with Crippen molar-refractivity contribution in [1.82, 2.24) is 0 Å². The molecule has 18 heavy (non-hydrogen) atoms. The van der Waals surface area contributed by atoms with Gasteiger partial charge in [0.25, 0.3) is 0 Å². The molecule has 1 aliphatic carbocycles. The molecule has 0 N–H and O–H groups in total. The van der Waals surface area contributed by atoms with Crippen LogP contribution in [0.5, 0.6) is 0 Å². The van der Waals surface area contributed by atoms with Gasteiger partial charge in [-0.1, -0.05) is 37.6 Å². The van der Waals surface area contributed by atoms with Gasteiger partial charge in [-0.25, -0.2) is 0 Å². The molecule has 1 aromatic rings. The van der Waals surface area contributed by atoms with Crippen molar-refractivity contribution in [2.24, 2.45) is 17.8 Å². The topological polar surface area (TPSA) is 12.5 Å². The lowest BCUT2D eigenvalue weighted by Crippen LogP contribution is -2.30. The smallest absolute Gasteiger partial charge is 0.0978 e. The quantitative estimate of drug-likeness (QED) is 0.740. The third kappa shape index (κ3) is 2.08. The Morgan fingerprint density at radius 1 is 1.28 bits per heavy atom. The minimum Gasteiger partial charge on any atom is -0.369 e. The van der Waals surface area contributed by atoms with Gasteiger partial charge in [-0.05, 0) is 54.7 Å². The van der Waals surface area contributed by atoms with Gasteiger partial charge in [0.05, 0.1) is 12.2 Å². The Bertz CT molecular complexity index is 419. The lowest BCUT2D eigenvalue weighted by Gasteiger charge is -2.24. The highest BCUT2D eigenvalue weighted by Gasteiger charge is 2.60. The van der Waals surface area contributed by atoms with Gasteiger partial charge < -0.3 is 4.74 Å². The van der Waals surface area contributed by atoms with Gasteiger partial charge in [0.2, 0.25) is 0 Å². The summed E-state index contributed by atoms with van der Waals surface area (Å²) in [6.07, 6.45) is 3.78. The molecule has 3 rings (SSSR count). The van der Waals surface area contributed by atoms with Crippen LogP contribution in [0, 0.1) is 17.8 Å². The number of rotatable bonds is 3. The van der Waals surface area contributed by atoms with E-state index < -0.39 is 0 Å². The molecular weight excluding hydrogens is 244 g/mol. The van der Waals surface area contributed by atoms with E-state index in [1.807, 2.05) is 12.1 Å². The van der Waals surface area contributed by atoms with Gasteiger partial charge in [-0.2, -0.15) is 0 Å². The summed E-state index contributed by atoms with van der Waals surface area (Å²) in [5.41, 5.74) is 1.61. The second-order valence-corrected chi connectivity index (χ2v) is 6.64. The summed E-state index contributed by atoms with van der Waals surface area (Å²) in [4.78, 5) is 0. The molecule has 98 valence electrons.